The van der Waals surface area contributed by atoms with E-state index in [4.69, 9.17) is 4.74 Å². The Kier molecular flexibility index (Phi) is 4.97. The van der Waals surface area contributed by atoms with Gasteiger partial charge in [-0.3, -0.25) is 4.79 Å². The van der Waals surface area contributed by atoms with E-state index >= 15 is 0 Å². The number of nitrogens with one attached hydrogen (secondary N) is 1. The lowest BCUT2D eigenvalue weighted by Crippen LogP contribution is -2.20. The monoisotopic (exact) mass is 351 g/mol. The molecule has 0 unspecified atom stereocenters. The van der Waals surface area contributed by atoms with Crippen molar-refractivity contribution in [3.8, 4) is 11.4 Å². The molecule has 1 amide bonds. The minimum absolute atomic E-state index is 0.0261. The highest BCUT2D eigenvalue weighted by molar-refractivity contribution is 5.92. The number of hydrogen-bond donors (Lipinski definition) is 1. The van der Waals surface area contributed by atoms with Crippen LogP contribution in [0.2, 0.25) is 0 Å². The SMILES string of the molecule is CC(C)(C)c1cccc(OCC(=O)Nc2cccc(-n3cnnn3)c2)c1. The van der Waals surface area contributed by atoms with Crippen molar-refractivity contribution in [3.05, 3.63) is 60.4 Å². The number of nitrogens with zero attached hydrogens (tertiary/aromatic N) is 4. The molecule has 26 heavy (non-hydrogen) atoms. The quantitative estimate of drug-likeness (QED) is 0.764. The maximum Gasteiger partial charge on any atom is 0.262 e. The molecule has 7 nitrogen and oxygen atoms in total. The smallest absolute Gasteiger partial charge is 0.262 e. The summed E-state index contributed by atoms with van der Waals surface area (Å²) < 4.78 is 7.15. The molecular formula is C19H21N5O2. The number of tetrazole rings is 1. The summed E-state index contributed by atoms with van der Waals surface area (Å²) in [7, 11) is 0. The molecule has 0 bridgehead atoms. The predicted octanol–water partition coefficient (Wildman–Crippen LogP) is 2.98. The number of anilines is 1. The number of aromatic nitrogens is 4. The standard InChI is InChI=1S/C19H21N5O2/c1-19(2,3)14-6-4-9-17(10-14)26-12-18(25)21-15-7-5-8-16(11-15)24-13-20-22-23-24/h4-11,13H,12H2,1-3H3,(H,21,25). The summed E-state index contributed by atoms with van der Waals surface area (Å²) in [6.45, 7) is 6.34. The summed E-state index contributed by atoms with van der Waals surface area (Å²) in [5, 5.41) is 13.8. The van der Waals surface area contributed by atoms with E-state index in [1.54, 1.807) is 12.1 Å². The molecule has 3 rings (SSSR count). The highest BCUT2D eigenvalue weighted by Gasteiger charge is 2.14. The van der Waals surface area contributed by atoms with Crippen LogP contribution >= 0.6 is 0 Å². The van der Waals surface area contributed by atoms with E-state index in [0.717, 1.165) is 11.3 Å². The van der Waals surface area contributed by atoms with Crippen LogP contribution in [0.25, 0.3) is 5.69 Å². The molecule has 0 atom stereocenters. The highest BCUT2D eigenvalue weighted by Crippen LogP contribution is 2.25. The zero-order valence-electron chi connectivity index (χ0n) is 15.0. The van der Waals surface area contributed by atoms with Crippen LogP contribution in [0.1, 0.15) is 26.3 Å². The van der Waals surface area contributed by atoms with Crippen LogP contribution in [-0.4, -0.2) is 32.7 Å². The van der Waals surface area contributed by atoms with Gasteiger partial charge in [0.2, 0.25) is 0 Å². The second-order valence-corrected chi connectivity index (χ2v) is 6.92. The number of hydrogen-bond acceptors (Lipinski definition) is 5. The van der Waals surface area contributed by atoms with Crippen LogP contribution in [-0.2, 0) is 10.2 Å². The third-order valence-electron chi connectivity index (χ3n) is 3.81. The van der Waals surface area contributed by atoms with E-state index < -0.39 is 0 Å². The van der Waals surface area contributed by atoms with Crippen LogP contribution in [0.3, 0.4) is 0 Å². The first-order chi connectivity index (χ1) is 12.4. The van der Waals surface area contributed by atoms with Crippen molar-refractivity contribution in [2.75, 3.05) is 11.9 Å². The van der Waals surface area contributed by atoms with Crippen LogP contribution in [0.5, 0.6) is 5.75 Å². The molecule has 134 valence electrons. The number of carbonyl (C=O) groups is 1. The average Bonchev–Trinajstić information content (AvgIpc) is 3.14. The molecule has 1 heterocycles. The summed E-state index contributed by atoms with van der Waals surface area (Å²) >= 11 is 0. The first-order valence-corrected chi connectivity index (χ1v) is 8.28. The van der Waals surface area contributed by atoms with Gasteiger partial charge in [-0.25, -0.2) is 4.68 Å². The van der Waals surface area contributed by atoms with E-state index in [1.807, 2.05) is 30.3 Å². The van der Waals surface area contributed by atoms with Gasteiger partial charge in [-0.15, -0.1) is 5.10 Å². The summed E-state index contributed by atoms with van der Waals surface area (Å²) in [5.74, 6) is 0.440. The molecule has 1 N–H and O–H groups in total. The zero-order chi connectivity index (χ0) is 18.6. The molecule has 0 fully saturated rings. The Morgan fingerprint density at radius 1 is 1.15 bits per heavy atom. The van der Waals surface area contributed by atoms with Crippen molar-refractivity contribution in [2.24, 2.45) is 0 Å². The van der Waals surface area contributed by atoms with Gasteiger partial charge in [0.15, 0.2) is 6.61 Å². The second kappa shape index (κ2) is 7.35. The Balaban J connectivity index is 1.61. The van der Waals surface area contributed by atoms with Gasteiger partial charge in [0.25, 0.3) is 5.91 Å². The topological polar surface area (TPSA) is 81.9 Å². The Morgan fingerprint density at radius 3 is 2.69 bits per heavy atom. The maximum absolute atomic E-state index is 12.2. The molecule has 3 aromatic rings. The fraction of sp³-hybridized carbons (Fsp3) is 0.263. The van der Waals surface area contributed by atoms with Gasteiger partial charge in [-0.05, 0) is 51.7 Å². The van der Waals surface area contributed by atoms with Gasteiger partial charge in [0, 0.05) is 5.69 Å². The minimum Gasteiger partial charge on any atom is -0.484 e. The largest absolute Gasteiger partial charge is 0.484 e. The molecule has 0 spiro atoms. The molecule has 2 aromatic carbocycles. The zero-order valence-corrected chi connectivity index (χ0v) is 15.0. The van der Waals surface area contributed by atoms with E-state index in [9.17, 15) is 4.79 Å². The molecule has 7 heteroatoms. The molecule has 0 radical (unpaired) electrons. The Labute approximate surface area is 152 Å². The highest BCUT2D eigenvalue weighted by atomic mass is 16.5. The Hall–Kier alpha value is -3.22. The molecule has 0 saturated heterocycles. The summed E-state index contributed by atoms with van der Waals surface area (Å²) in [6, 6.07) is 15.1. The number of ether oxygens (including phenoxy) is 1. The van der Waals surface area contributed by atoms with Gasteiger partial charge in [0.1, 0.15) is 12.1 Å². The average molecular weight is 351 g/mol. The van der Waals surface area contributed by atoms with E-state index in [0.29, 0.717) is 11.4 Å². The molecule has 0 aliphatic heterocycles. The number of benzene rings is 2. The third-order valence-corrected chi connectivity index (χ3v) is 3.81. The molecule has 0 aliphatic carbocycles. The van der Waals surface area contributed by atoms with Crippen LogP contribution in [0, 0.1) is 0 Å². The summed E-state index contributed by atoms with van der Waals surface area (Å²) in [5.41, 5.74) is 2.59. The van der Waals surface area contributed by atoms with Gasteiger partial charge < -0.3 is 10.1 Å². The number of amides is 1. The third kappa shape index (κ3) is 4.44. The summed E-state index contributed by atoms with van der Waals surface area (Å²) in [4.78, 5) is 12.2. The molecule has 0 aliphatic rings. The molecule has 1 aromatic heterocycles. The van der Waals surface area contributed by atoms with E-state index in [1.165, 1.54) is 11.0 Å². The normalized spacial score (nSPS) is 11.2. The van der Waals surface area contributed by atoms with Crippen molar-refractivity contribution in [1.82, 2.24) is 20.2 Å². The first kappa shape index (κ1) is 17.6. The van der Waals surface area contributed by atoms with E-state index in [-0.39, 0.29) is 17.9 Å². The van der Waals surface area contributed by atoms with E-state index in [2.05, 4.69) is 47.7 Å². The Morgan fingerprint density at radius 2 is 1.96 bits per heavy atom. The van der Waals surface area contributed by atoms with Crippen molar-refractivity contribution >= 4 is 11.6 Å². The van der Waals surface area contributed by atoms with Gasteiger partial charge in [-0.2, -0.15) is 0 Å². The van der Waals surface area contributed by atoms with Crippen LogP contribution in [0.4, 0.5) is 5.69 Å². The van der Waals surface area contributed by atoms with Gasteiger partial charge in [0.05, 0.1) is 5.69 Å². The Bertz CT molecular complexity index is 885. The maximum atomic E-state index is 12.2. The van der Waals surface area contributed by atoms with Gasteiger partial charge in [-0.1, -0.05) is 39.0 Å². The lowest BCUT2D eigenvalue weighted by atomic mass is 9.87. The van der Waals surface area contributed by atoms with Gasteiger partial charge >= 0.3 is 0 Å². The van der Waals surface area contributed by atoms with Crippen molar-refractivity contribution in [1.29, 1.82) is 0 Å². The van der Waals surface area contributed by atoms with Crippen LogP contribution < -0.4 is 10.1 Å². The predicted molar refractivity (Wildman–Crippen MR) is 98.4 cm³/mol. The minimum atomic E-state index is -0.236. The van der Waals surface area contributed by atoms with Crippen LogP contribution in [0.15, 0.2) is 54.9 Å². The molecular weight excluding hydrogens is 330 g/mol. The fourth-order valence-electron chi connectivity index (χ4n) is 2.40. The molecule has 0 saturated carbocycles. The lowest BCUT2D eigenvalue weighted by Gasteiger charge is -2.19. The van der Waals surface area contributed by atoms with Crippen molar-refractivity contribution in [3.63, 3.8) is 0 Å². The van der Waals surface area contributed by atoms with Crippen molar-refractivity contribution in [2.45, 2.75) is 26.2 Å². The fourth-order valence-corrected chi connectivity index (χ4v) is 2.40. The lowest BCUT2D eigenvalue weighted by molar-refractivity contribution is -0.118. The van der Waals surface area contributed by atoms with Crippen molar-refractivity contribution < 1.29 is 9.53 Å². The summed E-state index contributed by atoms with van der Waals surface area (Å²) in [6.07, 6.45) is 1.49. The second-order valence-electron chi connectivity index (χ2n) is 6.92. The first-order valence-electron chi connectivity index (χ1n) is 8.28. The number of carbonyl (C=O) groups excluding carboxylic acids is 1. The number of rotatable bonds is 5.